The number of sulfone groups is 1. The minimum absolute atomic E-state index is 0.111. The van der Waals surface area contributed by atoms with Crippen LogP contribution < -0.4 is 10.6 Å². The fraction of sp³-hybridized carbons (Fsp3) is 0.250. The van der Waals surface area contributed by atoms with Crippen LogP contribution >= 0.6 is 0 Å². The lowest BCUT2D eigenvalue weighted by molar-refractivity contribution is 0.102. The van der Waals surface area contributed by atoms with Crippen molar-refractivity contribution in [3.63, 3.8) is 0 Å². The van der Waals surface area contributed by atoms with Gasteiger partial charge >= 0.3 is 0 Å². The Bertz CT molecular complexity index is 836. The van der Waals surface area contributed by atoms with E-state index in [-0.39, 0.29) is 29.1 Å². The zero-order chi connectivity index (χ0) is 17.2. The zero-order valence-electron chi connectivity index (χ0n) is 12.7. The molecule has 0 radical (unpaired) electrons. The van der Waals surface area contributed by atoms with Crippen LogP contribution in [-0.2, 0) is 9.84 Å². The lowest BCUT2D eigenvalue weighted by Crippen LogP contribution is -2.21. The number of carbonyl (C=O) groups is 1. The van der Waals surface area contributed by atoms with Gasteiger partial charge in [-0.1, -0.05) is 0 Å². The lowest BCUT2D eigenvalue weighted by atomic mass is 10.2. The average Bonchev–Trinajstić information content (AvgIpc) is 2.89. The monoisotopic (exact) mass is 349 g/mol. The Morgan fingerprint density at radius 1 is 1.12 bits per heavy atom. The predicted octanol–water partition coefficient (Wildman–Crippen LogP) is 2.07. The fourth-order valence-electron chi connectivity index (χ4n) is 2.49. The number of carbonyl (C=O) groups excluding carboxylic acids is 1. The van der Waals surface area contributed by atoms with Gasteiger partial charge in [-0.05, 0) is 42.8 Å². The highest BCUT2D eigenvalue weighted by atomic mass is 32.2. The molecular formula is C16H16FN3O3S. The van der Waals surface area contributed by atoms with Crippen LogP contribution in [0.15, 0.2) is 42.6 Å². The minimum Gasteiger partial charge on any atom is -0.380 e. The molecule has 1 amide bonds. The number of hydrogen-bond donors (Lipinski definition) is 2. The Hall–Kier alpha value is -2.48. The van der Waals surface area contributed by atoms with E-state index < -0.39 is 15.7 Å². The van der Waals surface area contributed by atoms with Crippen LogP contribution in [0.1, 0.15) is 16.9 Å². The summed E-state index contributed by atoms with van der Waals surface area (Å²) in [5, 5.41) is 5.72. The third-order valence-electron chi connectivity index (χ3n) is 3.70. The Kier molecular flexibility index (Phi) is 4.48. The summed E-state index contributed by atoms with van der Waals surface area (Å²) in [5.41, 5.74) is 1.35. The fourth-order valence-corrected chi connectivity index (χ4v) is 4.16. The average molecular weight is 349 g/mol. The molecule has 1 aliphatic heterocycles. The molecule has 1 unspecified atom stereocenters. The van der Waals surface area contributed by atoms with Crippen LogP contribution in [-0.4, -0.2) is 36.9 Å². The van der Waals surface area contributed by atoms with Crippen molar-refractivity contribution in [2.24, 2.45) is 0 Å². The minimum atomic E-state index is -2.95. The number of rotatable bonds is 4. The summed E-state index contributed by atoms with van der Waals surface area (Å²) in [7, 11) is -2.95. The first kappa shape index (κ1) is 16.4. The Balaban J connectivity index is 1.61. The van der Waals surface area contributed by atoms with Crippen molar-refractivity contribution in [1.29, 1.82) is 0 Å². The number of halogens is 1. The molecule has 1 saturated heterocycles. The van der Waals surface area contributed by atoms with Crippen LogP contribution in [0.2, 0.25) is 0 Å². The summed E-state index contributed by atoms with van der Waals surface area (Å²) in [6.45, 7) is 0. The summed E-state index contributed by atoms with van der Waals surface area (Å²) >= 11 is 0. The molecule has 2 heterocycles. The lowest BCUT2D eigenvalue weighted by Gasteiger charge is -2.12. The molecule has 3 rings (SSSR count). The molecule has 0 aliphatic carbocycles. The SMILES string of the molecule is O=C(Nc1ccc(F)cc1)c1ccc(NC2CCS(=O)(=O)C2)cn1. The molecule has 0 saturated carbocycles. The molecule has 0 spiro atoms. The van der Waals surface area contributed by atoms with Gasteiger partial charge in [0.25, 0.3) is 5.91 Å². The second-order valence-corrected chi connectivity index (χ2v) is 7.87. The van der Waals surface area contributed by atoms with E-state index in [4.69, 9.17) is 0 Å². The second-order valence-electron chi connectivity index (χ2n) is 5.64. The van der Waals surface area contributed by atoms with E-state index in [9.17, 15) is 17.6 Å². The number of aromatic nitrogens is 1. The molecule has 1 aromatic heterocycles. The van der Waals surface area contributed by atoms with E-state index in [0.717, 1.165) is 0 Å². The van der Waals surface area contributed by atoms with E-state index >= 15 is 0 Å². The quantitative estimate of drug-likeness (QED) is 0.882. The van der Waals surface area contributed by atoms with Crippen LogP contribution in [0, 0.1) is 5.82 Å². The molecule has 1 atom stereocenters. The van der Waals surface area contributed by atoms with E-state index in [1.165, 1.54) is 30.5 Å². The van der Waals surface area contributed by atoms with Gasteiger partial charge < -0.3 is 10.6 Å². The van der Waals surface area contributed by atoms with Crippen molar-refractivity contribution in [3.05, 3.63) is 54.1 Å². The number of amides is 1. The normalized spacial score (nSPS) is 19.0. The van der Waals surface area contributed by atoms with Crippen LogP contribution in [0.3, 0.4) is 0 Å². The van der Waals surface area contributed by atoms with Gasteiger partial charge in [0, 0.05) is 11.7 Å². The molecule has 8 heteroatoms. The van der Waals surface area contributed by atoms with Crippen molar-refractivity contribution in [2.75, 3.05) is 22.1 Å². The molecule has 2 N–H and O–H groups in total. The molecule has 1 aromatic carbocycles. The topological polar surface area (TPSA) is 88.2 Å². The summed E-state index contributed by atoms with van der Waals surface area (Å²) in [5.74, 6) is -0.483. The summed E-state index contributed by atoms with van der Waals surface area (Å²) in [6, 6.07) is 8.53. The number of pyridine rings is 1. The maximum atomic E-state index is 12.8. The molecule has 1 aliphatic rings. The summed E-state index contributed by atoms with van der Waals surface area (Å²) in [6.07, 6.45) is 2.06. The number of hydrogen-bond acceptors (Lipinski definition) is 5. The standard InChI is InChI=1S/C16H16FN3O3S/c17-11-1-3-12(4-2-11)20-16(21)15-6-5-13(9-18-15)19-14-7-8-24(22,23)10-14/h1-6,9,14,19H,7-8,10H2,(H,20,21). The maximum absolute atomic E-state index is 12.8. The van der Waals surface area contributed by atoms with Gasteiger partial charge in [0.15, 0.2) is 9.84 Å². The van der Waals surface area contributed by atoms with E-state index in [0.29, 0.717) is 17.8 Å². The van der Waals surface area contributed by atoms with Gasteiger partial charge in [0.2, 0.25) is 0 Å². The van der Waals surface area contributed by atoms with Crippen LogP contribution in [0.5, 0.6) is 0 Å². The maximum Gasteiger partial charge on any atom is 0.274 e. The van der Waals surface area contributed by atoms with Gasteiger partial charge in [-0.25, -0.2) is 17.8 Å². The third kappa shape index (κ3) is 4.08. The van der Waals surface area contributed by atoms with Crippen LogP contribution in [0.25, 0.3) is 0 Å². The molecular weight excluding hydrogens is 333 g/mol. The number of benzene rings is 1. The van der Waals surface area contributed by atoms with Gasteiger partial charge in [-0.15, -0.1) is 0 Å². The number of nitrogens with one attached hydrogen (secondary N) is 2. The highest BCUT2D eigenvalue weighted by Crippen LogP contribution is 2.17. The van der Waals surface area contributed by atoms with Crippen molar-refractivity contribution in [2.45, 2.75) is 12.5 Å². The predicted molar refractivity (Wildman–Crippen MR) is 89.3 cm³/mol. The van der Waals surface area contributed by atoms with E-state index in [2.05, 4.69) is 15.6 Å². The number of anilines is 2. The van der Waals surface area contributed by atoms with E-state index in [1.54, 1.807) is 12.1 Å². The van der Waals surface area contributed by atoms with Crippen molar-refractivity contribution >= 4 is 27.1 Å². The third-order valence-corrected chi connectivity index (χ3v) is 5.47. The molecule has 2 aromatic rings. The van der Waals surface area contributed by atoms with E-state index in [1.807, 2.05) is 0 Å². The Labute approximate surface area is 139 Å². The van der Waals surface area contributed by atoms with Gasteiger partial charge in [-0.2, -0.15) is 0 Å². The first-order valence-corrected chi connectivity index (χ1v) is 9.23. The smallest absolute Gasteiger partial charge is 0.274 e. The number of nitrogens with zero attached hydrogens (tertiary/aromatic N) is 1. The summed E-state index contributed by atoms with van der Waals surface area (Å²) < 4.78 is 35.7. The van der Waals surface area contributed by atoms with Crippen molar-refractivity contribution in [1.82, 2.24) is 4.98 Å². The second kappa shape index (κ2) is 6.56. The molecule has 24 heavy (non-hydrogen) atoms. The Morgan fingerprint density at radius 3 is 2.42 bits per heavy atom. The highest BCUT2D eigenvalue weighted by molar-refractivity contribution is 7.91. The molecule has 6 nitrogen and oxygen atoms in total. The summed E-state index contributed by atoms with van der Waals surface area (Å²) in [4.78, 5) is 16.1. The highest BCUT2D eigenvalue weighted by Gasteiger charge is 2.27. The zero-order valence-corrected chi connectivity index (χ0v) is 13.5. The first-order valence-electron chi connectivity index (χ1n) is 7.41. The Morgan fingerprint density at radius 2 is 1.83 bits per heavy atom. The largest absolute Gasteiger partial charge is 0.380 e. The van der Waals surface area contributed by atoms with Gasteiger partial charge in [0.05, 0.1) is 23.4 Å². The van der Waals surface area contributed by atoms with Crippen molar-refractivity contribution in [3.8, 4) is 0 Å². The van der Waals surface area contributed by atoms with Gasteiger partial charge in [0.1, 0.15) is 11.5 Å². The molecule has 126 valence electrons. The first-order chi connectivity index (χ1) is 11.4. The van der Waals surface area contributed by atoms with Crippen molar-refractivity contribution < 1.29 is 17.6 Å². The van der Waals surface area contributed by atoms with Crippen LogP contribution in [0.4, 0.5) is 15.8 Å². The van der Waals surface area contributed by atoms with Gasteiger partial charge in [-0.3, -0.25) is 4.79 Å². The molecule has 1 fully saturated rings. The molecule has 0 bridgehead atoms.